The van der Waals surface area contributed by atoms with Crippen molar-refractivity contribution in [1.29, 1.82) is 0 Å². The molecule has 0 atom stereocenters. The Hall–Kier alpha value is -2.76. The molecule has 21 heavy (non-hydrogen) atoms. The molecule has 1 heterocycles. The van der Waals surface area contributed by atoms with Crippen molar-refractivity contribution < 1.29 is 13.5 Å². The minimum Gasteiger partial charge on any atom is -0.496 e. The van der Waals surface area contributed by atoms with Crippen LogP contribution in [0.2, 0.25) is 0 Å². The summed E-state index contributed by atoms with van der Waals surface area (Å²) < 4.78 is 31.7. The van der Waals surface area contributed by atoms with Crippen LogP contribution in [0, 0.1) is 11.6 Å². The molecule has 2 aromatic carbocycles. The van der Waals surface area contributed by atoms with Crippen molar-refractivity contribution in [2.75, 3.05) is 7.11 Å². The number of rotatable bonds is 2. The van der Waals surface area contributed by atoms with E-state index in [2.05, 4.69) is 9.97 Å². The molecule has 1 aromatic heterocycles. The van der Waals surface area contributed by atoms with E-state index < -0.39 is 17.2 Å². The van der Waals surface area contributed by atoms with Crippen molar-refractivity contribution in [2.24, 2.45) is 0 Å². The predicted molar refractivity (Wildman–Crippen MR) is 74.3 cm³/mol. The number of hydrogen-bond acceptors (Lipinski definition) is 3. The van der Waals surface area contributed by atoms with Gasteiger partial charge in [-0.25, -0.2) is 13.8 Å². The van der Waals surface area contributed by atoms with E-state index in [0.717, 1.165) is 12.1 Å². The van der Waals surface area contributed by atoms with Crippen LogP contribution in [0.3, 0.4) is 0 Å². The van der Waals surface area contributed by atoms with E-state index in [1.165, 1.54) is 7.11 Å². The van der Waals surface area contributed by atoms with Crippen molar-refractivity contribution in [3.63, 3.8) is 0 Å². The van der Waals surface area contributed by atoms with Gasteiger partial charge in [0, 0.05) is 6.07 Å². The number of halogens is 2. The zero-order valence-corrected chi connectivity index (χ0v) is 11.0. The van der Waals surface area contributed by atoms with Crippen LogP contribution < -0.4 is 10.3 Å². The maximum atomic E-state index is 13.3. The molecule has 106 valence electrons. The lowest BCUT2D eigenvalue weighted by Gasteiger charge is -2.08. The molecule has 0 aliphatic carbocycles. The molecule has 0 aliphatic heterocycles. The summed E-state index contributed by atoms with van der Waals surface area (Å²) >= 11 is 0. The van der Waals surface area contributed by atoms with Crippen LogP contribution in [0.1, 0.15) is 0 Å². The SMILES string of the molecule is COc1ccccc1-c1nc2cc(F)c(F)cc2c(=O)[nH]1. The summed E-state index contributed by atoms with van der Waals surface area (Å²) in [6.45, 7) is 0. The third kappa shape index (κ3) is 2.24. The Labute approximate surface area is 118 Å². The number of nitrogens with zero attached hydrogens (tertiary/aromatic N) is 1. The maximum absolute atomic E-state index is 13.3. The van der Waals surface area contributed by atoms with Gasteiger partial charge in [0.25, 0.3) is 5.56 Å². The van der Waals surface area contributed by atoms with Gasteiger partial charge in [-0.15, -0.1) is 0 Å². The molecule has 0 fully saturated rings. The fourth-order valence-corrected chi connectivity index (χ4v) is 2.10. The van der Waals surface area contributed by atoms with Crippen LogP contribution in [0.5, 0.6) is 5.75 Å². The van der Waals surface area contributed by atoms with Crippen LogP contribution in [-0.2, 0) is 0 Å². The lowest BCUT2D eigenvalue weighted by atomic mass is 10.1. The minimum atomic E-state index is -1.08. The number of benzene rings is 2. The standard InChI is InChI=1S/C15H10F2N2O2/c1-21-13-5-3-2-4-8(13)14-18-12-7-11(17)10(16)6-9(12)15(20)19-14/h2-7H,1H3,(H,18,19,20). The summed E-state index contributed by atoms with van der Waals surface area (Å²) in [6, 6.07) is 8.69. The Morgan fingerprint density at radius 1 is 1.14 bits per heavy atom. The highest BCUT2D eigenvalue weighted by atomic mass is 19.2. The molecule has 3 aromatic rings. The second-order valence-corrected chi connectivity index (χ2v) is 4.40. The number of ether oxygens (including phenoxy) is 1. The van der Waals surface area contributed by atoms with Gasteiger partial charge in [0.05, 0.1) is 23.6 Å². The molecular weight excluding hydrogens is 278 g/mol. The maximum Gasteiger partial charge on any atom is 0.259 e. The number of aromatic nitrogens is 2. The molecule has 0 unspecified atom stereocenters. The first-order valence-corrected chi connectivity index (χ1v) is 6.12. The van der Waals surface area contributed by atoms with E-state index in [9.17, 15) is 13.6 Å². The zero-order chi connectivity index (χ0) is 15.0. The smallest absolute Gasteiger partial charge is 0.259 e. The molecule has 0 spiro atoms. The number of fused-ring (bicyclic) bond motifs is 1. The van der Waals surface area contributed by atoms with E-state index in [0.29, 0.717) is 11.3 Å². The van der Waals surface area contributed by atoms with Crippen LogP contribution >= 0.6 is 0 Å². The topological polar surface area (TPSA) is 55.0 Å². The quantitative estimate of drug-likeness (QED) is 0.789. The highest BCUT2D eigenvalue weighted by molar-refractivity contribution is 5.80. The molecule has 0 bridgehead atoms. The fraction of sp³-hybridized carbons (Fsp3) is 0.0667. The molecule has 1 N–H and O–H groups in total. The van der Waals surface area contributed by atoms with Gasteiger partial charge in [-0.2, -0.15) is 0 Å². The summed E-state index contributed by atoms with van der Waals surface area (Å²) in [6.07, 6.45) is 0. The van der Waals surface area contributed by atoms with Crippen LogP contribution in [0.4, 0.5) is 8.78 Å². The normalized spacial score (nSPS) is 10.8. The van der Waals surface area contributed by atoms with Gasteiger partial charge in [-0.05, 0) is 18.2 Å². The van der Waals surface area contributed by atoms with Crippen LogP contribution in [0.25, 0.3) is 22.3 Å². The van der Waals surface area contributed by atoms with E-state index in [1.54, 1.807) is 24.3 Å². The van der Waals surface area contributed by atoms with Crippen LogP contribution in [-0.4, -0.2) is 17.1 Å². The monoisotopic (exact) mass is 288 g/mol. The Morgan fingerprint density at radius 2 is 1.86 bits per heavy atom. The number of hydrogen-bond donors (Lipinski definition) is 1. The lowest BCUT2D eigenvalue weighted by Crippen LogP contribution is -2.10. The summed E-state index contributed by atoms with van der Waals surface area (Å²) in [5.74, 6) is -1.38. The average Bonchev–Trinajstić information content (AvgIpc) is 2.49. The molecule has 0 aliphatic rings. The van der Waals surface area contributed by atoms with Gasteiger partial charge < -0.3 is 9.72 Å². The second kappa shape index (κ2) is 4.97. The van der Waals surface area contributed by atoms with Crippen LogP contribution in [0.15, 0.2) is 41.2 Å². The molecular formula is C15H10F2N2O2. The van der Waals surface area contributed by atoms with Crippen molar-refractivity contribution in [3.8, 4) is 17.1 Å². The number of para-hydroxylation sites is 1. The first-order valence-electron chi connectivity index (χ1n) is 6.12. The summed E-state index contributed by atoms with van der Waals surface area (Å²) in [7, 11) is 1.49. The van der Waals surface area contributed by atoms with E-state index >= 15 is 0 Å². The lowest BCUT2D eigenvalue weighted by molar-refractivity contribution is 0.416. The number of aromatic amines is 1. The average molecular weight is 288 g/mol. The molecule has 6 heteroatoms. The predicted octanol–water partition coefficient (Wildman–Crippen LogP) is 2.88. The second-order valence-electron chi connectivity index (χ2n) is 4.40. The van der Waals surface area contributed by atoms with E-state index in [-0.39, 0.29) is 16.7 Å². The summed E-state index contributed by atoms with van der Waals surface area (Å²) in [4.78, 5) is 18.7. The Bertz CT molecular complexity index is 890. The fourth-order valence-electron chi connectivity index (χ4n) is 2.10. The van der Waals surface area contributed by atoms with Crippen molar-refractivity contribution in [3.05, 3.63) is 58.4 Å². The van der Waals surface area contributed by atoms with Crippen molar-refractivity contribution >= 4 is 10.9 Å². The van der Waals surface area contributed by atoms with Gasteiger partial charge >= 0.3 is 0 Å². The minimum absolute atomic E-state index is 0.00690. The third-order valence-corrected chi connectivity index (χ3v) is 3.11. The van der Waals surface area contributed by atoms with Gasteiger partial charge in [-0.1, -0.05) is 12.1 Å². The first-order chi connectivity index (χ1) is 10.1. The molecule has 4 nitrogen and oxygen atoms in total. The first kappa shape index (κ1) is 13.2. The number of methoxy groups -OCH3 is 1. The van der Waals surface area contributed by atoms with Crippen molar-refractivity contribution in [1.82, 2.24) is 9.97 Å². The number of H-pyrrole nitrogens is 1. The van der Waals surface area contributed by atoms with Gasteiger partial charge in [0.1, 0.15) is 11.6 Å². The van der Waals surface area contributed by atoms with Crippen molar-refractivity contribution in [2.45, 2.75) is 0 Å². The van der Waals surface area contributed by atoms with E-state index in [1.807, 2.05) is 0 Å². The highest BCUT2D eigenvalue weighted by Crippen LogP contribution is 2.27. The molecule has 0 saturated carbocycles. The molecule has 3 rings (SSSR count). The molecule has 0 amide bonds. The Morgan fingerprint density at radius 3 is 2.62 bits per heavy atom. The largest absolute Gasteiger partial charge is 0.496 e. The molecule has 0 saturated heterocycles. The van der Waals surface area contributed by atoms with Gasteiger partial charge in [-0.3, -0.25) is 4.79 Å². The summed E-state index contributed by atoms with van der Waals surface area (Å²) in [5, 5.41) is -0.00690. The Kier molecular flexibility index (Phi) is 3.13. The zero-order valence-electron chi connectivity index (χ0n) is 11.0. The molecule has 0 radical (unpaired) electrons. The highest BCUT2D eigenvalue weighted by Gasteiger charge is 2.12. The Balaban J connectivity index is 2.30. The van der Waals surface area contributed by atoms with E-state index in [4.69, 9.17) is 4.74 Å². The van der Waals surface area contributed by atoms with Gasteiger partial charge in [0.2, 0.25) is 0 Å². The summed E-state index contributed by atoms with van der Waals surface area (Å²) in [5.41, 5.74) is 0.0992. The third-order valence-electron chi connectivity index (χ3n) is 3.11. The van der Waals surface area contributed by atoms with Gasteiger partial charge in [0.15, 0.2) is 11.6 Å². The number of nitrogens with one attached hydrogen (secondary N) is 1.